The lowest BCUT2D eigenvalue weighted by Gasteiger charge is -2.11. The predicted octanol–water partition coefficient (Wildman–Crippen LogP) is 4.18. The van der Waals surface area contributed by atoms with Crippen molar-refractivity contribution in [3.8, 4) is 11.4 Å². The van der Waals surface area contributed by atoms with Crippen molar-refractivity contribution in [1.82, 2.24) is 9.97 Å². The van der Waals surface area contributed by atoms with Crippen LogP contribution in [-0.4, -0.2) is 9.97 Å². The van der Waals surface area contributed by atoms with Crippen LogP contribution in [0.3, 0.4) is 0 Å². The Morgan fingerprint density at radius 3 is 2.55 bits per heavy atom. The SMILES string of the molecule is Nc1cc(C2CCCC2)nc(-c2cc(F)cc(Cl)c2)n1. The number of nitrogen functional groups attached to an aromatic ring is 1. The van der Waals surface area contributed by atoms with E-state index < -0.39 is 5.82 Å². The highest BCUT2D eigenvalue weighted by Crippen LogP contribution is 2.34. The third-order valence-corrected chi connectivity index (χ3v) is 3.88. The minimum Gasteiger partial charge on any atom is -0.384 e. The van der Waals surface area contributed by atoms with Gasteiger partial charge in [-0.1, -0.05) is 24.4 Å². The van der Waals surface area contributed by atoms with E-state index in [0.717, 1.165) is 18.5 Å². The van der Waals surface area contributed by atoms with Crippen LogP contribution < -0.4 is 5.73 Å². The molecule has 1 saturated carbocycles. The average molecular weight is 292 g/mol. The summed E-state index contributed by atoms with van der Waals surface area (Å²) in [5, 5.41) is 0.327. The number of anilines is 1. The second-order valence-corrected chi connectivity index (χ2v) is 5.62. The number of hydrogen-bond donors (Lipinski definition) is 1. The molecule has 1 aromatic carbocycles. The van der Waals surface area contributed by atoms with Crippen molar-refractivity contribution >= 4 is 17.4 Å². The summed E-state index contributed by atoms with van der Waals surface area (Å²) >= 11 is 5.88. The van der Waals surface area contributed by atoms with E-state index in [1.807, 2.05) is 6.07 Å². The number of benzene rings is 1. The Morgan fingerprint density at radius 2 is 1.85 bits per heavy atom. The largest absolute Gasteiger partial charge is 0.384 e. The van der Waals surface area contributed by atoms with Crippen LogP contribution in [-0.2, 0) is 0 Å². The number of nitrogens with zero attached hydrogens (tertiary/aromatic N) is 2. The first-order valence-electron chi connectivity index (χ1n) is 6.73. The Morgan fingerprint density at radius 1 is 1.10 bits per heavy atom. The zero-order valence-corrected chi connectivity index (χ0v) is 11.7. The summed E-state index contributed by atoms with van der Waals surface area (Å²) in [5.41, 5.74) is 7.37. The van der Waals surface area contributed by atoms with Gasteiger partial charge in [0, 0.05) is 28.3 Å². The maximum Gasteiger partial charge on any atom is 0.161 e. The normalized spacial score (nSPS) is 15.7. The molecule has 0 radical (unpaired) electrons. The lowest BCUT2D eigenvalue weighted by atomic mass is 10.0. The summed E-state index contributed by atoms with van der Waals surface area (Å²) in [6, 6.07) is 6.10. The molecule has 1 aromatic heterocycles. The maximum atomic E-state index is 13.4. The number of halogens is 2. The zero-order valence-electron chi connectivity index (χ0n) is 10.9. The van der Waals surface area contributed by atoms with Crippen LogP contribution in [0, 0.1) is 5.82 Å². The molecule has 0 bridgehead atoms. The van der Waals surface area contributed by atoms with Gasteiger partial charge in [-0.2, -0.15) is 0 Å². The molecule has 1 aliphatic carbocycles. The van der Waals surface area contributed by atoms with Crippen molar-refractivity contribution in [3.63, 3.8) is 0 Å². The van der Waals surface area contributed by atoms with Crippen LogP contribution in [0.5, 0.6) is 0 Å². The van der Waals surface area contributed by atoms with Crippen LogP contribution in [0.2, 0.25) is 5.02 Å². The fourth-order valence-corrected chi connectivity index (χ4v) is 2.95. The predicted molar refractivity (Wildman–Crippen MR) is 78.1 cm³/mol. The van der Waals surface area contributed by atoms with E-state index >= 15 is 0 Å². The second kappa shape index (κ2) is 5.37. The summed E-state index contributed by atoms with van der Waals surface area (Å²) < 4.78 is 13.4. The first-order chi connectivity index (χ1) is 9.61. The van der Waals surface area contributed by atoms with Crippen LogP contribution >= 0.6 is 11.6 Å². The lowest BCUT2D eigenvalue weighted by molar-refractivity contribution is 0.628. The molecule has 104 valence electrons. The smallest absolute Gasteiger partial charge is 0.161 e. The van der Waals surface area contributed by atoms with Crippen LogP contribution in [0.4, 0.5) is 10.2 Å². The molecular weight excluding hydrogens is 277 g/mol. The van der Waals surface area contributed by atoms with Gasteiger partial charge in [-0.05, 0) is 31.0 Å². The lowest BCUT2D eigenvalue weighted by Crippen LogP contribution is -2.03. The molecule has 20 heavy (non-hydrogen) atoms. The number of rotatable bonds is 2. The van der Waals surface area contributed by atoms with E-state index in [1.165, 1.54) is 25.0 Å². The Balaban J connectivity index is 2.04. The van der Waals surface area contributed by atoms with Gasteiger partial charge in [0.2, 0.25) is 0 Å². The number of aromatic nitrogens is 2. The molecule has 1 fully saturated rings. The highest BCUT2D eigenvalue weighted by molar-refractivity contribution is 6.30. The molecule has 3 nitrogen and oxygen atoms in total. The summed E-state index contributed by atoms with van der Waals surface area (Å²) in [4.78, 5) is 8.75. The van der Waals surface area contributed by atoms with Gasteiger partial charge < -0.3 is 5.73 Å². The summed E-state index contributed by atoms with van der Waals surface area (Å²) in [7, 11) is 0. The van der Waals surface area contributed by atoms with E-state index in [4.69, 9.17) is 17.3 Å². The van der Waals surface area contributed by atoms with E-state index in [-0.39, 0.29) is 0 Å². The van der Waals surface area contributed by atoms with Gasteiger partial charge in [-0.15, -0.1) is 0 Å². The molecule has 2 N–H and O–H groups in total. The molecule has 0 unspecified atom stereocenters. The first kappa shape index (κ1) is 13.3. The van der Waals surface area contributed by atoms with Crippen LogP contribution in [0.1, 0.15) is 37.3 Å². The van der Waals surface area contributed by atoms with Crippen molar-refractivity contribution in [2.24, 2.45) is 0 Å². The molecule has 3 rings (SSSR count). The third-order valence-electron chi connectivity index (χ3n) is 3.66. The van der Waals surface area contributed by atoms with Gasteiger partial charge in [-0.25, -0.2) is 14.4 Å². The summed E-state index contributed by atoms with van der Waals surface area (Å²) in [6.45, 7) is 0. The van der Waals surface area contributed by atoms with Crippen molar-refractivity contribution in [2.45, 2.75) is 31.6 Å². The highest BCUT2D eigenvalue weighted by atomic mass is 35.5. The number of hydrogen-bond acceptors (Lipinski definition) is 3. The average Bonchev–Trinajstić information content (AvgIpc) is 2.90. The van der Waals surface area contributed by atoms with Crippen LogP contribution in [0.25, 0.3) is 11.4 Å². The highest BCUT2D eigenvalue weighted by Gasteiger charge is 2.20. The monoisotopic (exact) mass is 291 g/mol. The van der Waals surface area contributed by atoms with Gasteiger partial charge in [0.05, 0.1) is 0 Å². The van der Waals surface area contributed by atoms with Gasteiger partial charge in [-0.3, -0.25) is 0 Å². The maximum absolute atomic E-state index is 13.4. The van der Waals surface area contributed by atoms with E-state index in [2.05, 4.69) is 9.97 Å². The summed E-state index contributed by atoms with van der Waals surface area (Å²) in [6.07, 6.45) is 4.69. The summed E-state index contributed by atoms with van der Waals surface area (Å²) in [5.74, 6) is 0.884. The van der Waals surface area contributed by atoms with Crippen molar-refractivity contribution in [3.05, 3.63) is 40.8 Å². The molecule has 2 aromatic rings. The van der Waals surface area contributed by atoms with Gasteiger partial charge in [0.15, 0.2) is 5.82 Å². The number of nitrogens with two attached hydrogens (primary N) is 1. The fourth-order valence-electron chi connectivity index (χ4n) is 2.73. The third kappa shape index (κ3) is 2.75. The Kier molecular flexibility index (Phi) is 3.57. The van der Waals surface area contributed by atoms with Crippen molar-refractivity contribution in [1.29, 1.82) is 0 Å². The molecule has 1 aliphatic rings. The zero-order chi connectivity index (χ0) is 14.1. The molecular formula is C15H15ClFN3. The molecule has 0 amide bonds. The van der Waals surface area contributed by atoms with Crippen molar-refractivity contribution < 1.29 is 4.39 Å². The topological polar surface area (TPSA) is 51.8 Å². The van der Waals surface area contributed by atoms with E-state index in [0.29, 0.717) is 28.1 Å². The molecule has 0 saturated heterocycles. The minimum absolute atomic E-state index is 0.327. The molecule has 0 aliphatic heterocycles. The van der Waals surface area contributed by atoms with Crippen molar-refractivity contribution in [2.75, 3.05) is 5.73 Å². The Bertz CT molecular complexity index is 619. The second-order valence-electron chi connectivity index (χ2n) is 5.18. The quantitative estimate of drug-likeness (QED) is 0.903. The first-order valence-corrected chi connectivity index (χ1v) is 7.10. The van der Waals surface area contributed by atoms with Gasteiger partial charge in [0.25, 0.3) is 0 Å². The van der Waals surface area contributed by atoms with E-state index in [9.17, 15) is 4.39 Å². The van der Waals surface area contributed by atoms with E-state index in [1.54, 1.807) is 6.07 Å². The molecule has 0 spiro atoms. The molecule has 0 atom stereocenters. The minimum atomic E-state index is -0.402. The molecule has 1 heterocycles. The molecule has 5 heteroatoms. The Hall–Kier alpha value is -1.68. The standard InChI is InChI=1S/C15H15ClFN3/c16-11-5-10(6-12(17)7-11)15-19-13(8-14(18)20-15)9-3-1-2-4-9/h5-9H,1-4H2,(H2,18,19,20). The van der Waals surface area contributed by atoms with Gasteiger partial charge >= 0.3 is 0 Å². The van der Waals surface area contributed by atoms with Crippen LogP contribution in [0.15, 0.2) is 24.3 Å². The fraction of sp³-hybridized carbons (Fsp3) is 0.333. The Labute approximate surface area is 122 Å². The van der Waals surface area contributed by atoms with Gasteiger partial charge in [0.1, 0.15) is 11.6 Å².